The van der Waals surface area contributed by atoms with Gasteiger partial charge in [-0.2, -0.15) is 17.6 Å². The Morgan fingerprint density at radius 3 is 3.14 bits per heavy atom. The summed E-state index contributed by atoms with van der Waals surface area (Å²) in [6.07, 6.45) is 0.448. The van der Waals surface area contributed by atoms with E-state index in [1.807, 2.05) is 0 Å². The minimum atomic E-state index is -1.75. The van der Waals surface area contributed by atoms with Crippen molar-refractivity contribution in [2.75, 3.05) is 25.6 Å². The van der Waals surface area contributed by atoms with E-state index in [2.05, 4.69) is 17.6 Å². The van der Waals surface area contributed by atoms with E-state index in [0.717, 1.165) is 0 Å². The average molecular weight is 332 g/mol. The molecule has 2 fully saturated rings. The van der Waals surface area contributed by atoms with E-state index in [1.165, 1.54) is 23.5 Å². The lowest BCUT2D eigenvalue weighted by Gasteiger charge is -2.29. The molecule has 2 bridgehead atoms. The summed E-state index contributed by atoms with van der Waals surface area (Å²) in [6.45, 7) is 1.84. The number of nitrogen functional groups attached to an aromatic ring is 1. The van der Waals surface area contributed by atoms with Crippen LogP contribution in [0.4, 0.5) is 5.82 Å². The van der Waals surface area contributed by atoms with Crippen LogP contribution in [-0.2, 0) is 18.6 Å². The number of rotatable bonds is 4. The van der Waals surface area contributed by atoms with Crippen LogP contribution in [0.1, 0.15) is 6.23 Å². The maximum Gasteiger partial charge on any atom is 0.504 e. The molecule has 0 spiro atoms. The molecule has 0 amide bonds. The summed E-state index contributed by atoms with van der Waals surface area (Å²) >= 11 is 4.51. The number of fused-ring (bicyclic) bond motifs is 2. The fourth-order valence-corrected chi connectivity index (χ4v) is 3.40. The summed E-state index contributed by atoms with van der Waals surface area (Å²) in [7, 11) is -1.75. The molecule has 1 aromatic rings. The van der Waals surface area contributed by atoms with Gasteiger partial charge in [-0.3, -0.25) is 4.57 Å². The van der Waals surface area contributed by atoms with Gasteiger partial charge in [0.1, 0.15) is 24.1 Å². The van der Waals surface area contributed by atoms with Crippen molar-refractivity contribution < 1.29 is 18.6 Å². The van der Waals surface area contributed by atoms with Crippen LogP contribution in [0.25, 0.3) is 0 Å². The number of nitrogens with zero attached hydrogens (tertiary/aromatic N) is 2. The molecule has 2 saturated heterocycles. The minimum absolute atomic E-state index is 0.0943. The molecule has 21 heavy (non-hydrogen) atoms. The van der Waals surface area contributed by atoms with Gasteiger partial charge in [0.15, 0.2) is 12.9 Å². The second-order valence-electron chi connectivity index (χ2n) is 5.05. The van der Waals surface area contributed by atoms with Crippen molar-refractivity contribution in [2.24, 2.45) is 0 Å². The van der Waals surface area contributed by atoms with E-state index in [0.29, 0.717) is 0 Å². The van der Waals surface area contributed by atoms with Crippen LogP contribution in [0.15, 0.2) is 17.1 Å². The molecule has 3 heterocycles. The Kier molecular flexibility index (Phi) is 3.79. The predicted octanol–water partition coefficient (Wildman–Crippen LogP) is 0.179. The van der Waals surface area contributed by atoms with E-state index >= 15 is 0 Å². The fourth-order valence-electron chi connectivity index (χ4n) is 2.56. The van der Waals surface area contributed by atoms with Crippen molar-refractivity contribution in [1.29, 1.82) is 0 Å². The van der Waals surface area contributed by atoms with Crippen LogP contribution in [0.3, 0.4) is 0 Å². The van der Waals surface area contributed by atoms with E-state index in [1.54, 1.807) is 0 Å². The quantitative estimate of drug-likeness (QED) is 0.598. The first-order valence-electron chi connectivity index (χ1n) is 6.29. The summed E-state index contributed by atoms with van der Waals surface area (Å²) < 4.78 is 29.2. The van der Waals surface area contributed by atoms with Gasteiger partial charge in [-0.15, -0.1) is 4.52 Å². The highest BCUT2D eigenvalue weighted by Gasteiger charge is 2.62. The summed E-state index contributed by atoms with van der Waals surface area (Å²) in [4.78, 5) is 15.6. The molecule has 10 heteroatoms. The predicted molar refractivity (Wildman–Crippen MR) is 77.8 cm³/mol. The summed E-state index contributed by atoms with van der Waals surface area (Å²) in [5.74, 6) is 0.142. The molecule has 0 aliphatic carbocycles. The molecule has 2 aliphatic heterocycles. The Bertz CT molecular complexity index is 641. The van der Waals surface area contributed by atoms with Crippen LogP contribution in [0, 0.1) is 0 Å². The summed E-state index contributed by atoms with van der Waals surface area (Å²) in [5.41, 5.74) is 4.13. The molecule has 2 N–H and O–H groups in total. The minimum Gasteiger partial charge on any atom is -0.383 e. The molecular formula is C11H15N3O5PS+. The zero-order chi connectivity index (χ0) is 15.2. The lowest BCUT2D eigenvalue weighted by atomic mass is 10.0. The van der Waals surface area contributed by atoms with Crippen LogP contribution >= 0.6 is 20.7 Å². The summed E-state index contributed by atoms with van der Waals surface area (Å²) in [6, 6.07) is 1.51. The first-order chi connectivity index (χ1) is 9.93. The second kappa shape index (κ2) is 5.33. The fraction of sp³-hybridized carbons (Fsp3) is 0.636. The first kappa shape index (κ1) is 14.9. The van der Waals surface area contributed by atoms with E-state index in [4.69, 9.17) is 19.7 Å². The van der Waals surface area contributed by atoms with Crippen molar-refractivity contribution in [3.63, 3.8) is 0 Å². The Morgan fingerprint density at radius 2 is 2.48 bits per heavy atom. The molecule has 0 saturated carbocycles. The maximum absolute atomic E-state index is 11.9. The van der Waals surface area contributed by atoms with E-state index in [9.17, 15) is 9.36 Å². The molecular weight excluding hydrogens is 317 g/mol. The number of anilines is 1. The SMILES string of the molecule is C[P+](=O)OC[C@@]12CO[C@@H]([C@H](n3ccc(N)nc3=O)O1)[C@@H]2S. The molecule has 3 rings (SSSR count). The standard InChI is InChI=1S/C11H14N3O5PS/c1-20(16)18-5-11-4-17-7(8(11)21)9(19-11)14-3-2-6(12)13-10(14)15/h2-3,7-9H,4-5H2,1H3,(H2-,12,13,15,21)/p+1/t7-,8+,9-,11-/m1/s1. The van der Waals surface area contributed by atoms with Crippen LogP contribution in [-0.4, -0.2) is 46.4 Å². The highest BCUT2D eigenvalue weighted by molar-refractivity contribution is 7.81. The molecule has 1 unspecified atom stereocenters. The monoisotopic (exact) mass is 332 g/mol. The van der Waals surface area contributed by atoms with Crippen LogP contribution in [0.5, 0.6) is 0 Å². The third-order valence-electron chi connectivity index (χ3n) is 3.62. The number of thiol groups is 1. The van der Waals surface area contributed by atoms with Crippen molar-refractivity contribution in [1.82, 2.24) is 9.55 Å². The molecule has 1 aromatic heterocycles. The van der Waals surface area contributed by atoms with Crippen LogP contribution < -0.4 is 11.4 Å². The zero-order valence-corrected chi connectivity index (χ0v) is 13.0. The Balaban J connectivity index is 1.87. The number of hydrogen-bond donors (Lipinski definition) is 2. The van der Waals surface area contributed by atoms with Gasteiger partial charge in [-0.05, 0) is 10.6 Å². The molecule has 5 atom stereocenters. The average Bonchev–Trinajstić information content (AvgIpc) is 2.87. The van der Waals surface area contributed by atoms with Crippen molar-refractivity contribution in [3.8, 4) is 0 Å². The van der Waals surface area contributed by atoms with E-state index in [-0.39, 0.29) is 24.3 Å². The third kappa shape index (κ3) is 2.49. The van der Waals surface area contributed by atoms with Crippen molar-refractivity contribution in [2.45, 2.75) is 23.2 Å². The highest BCUT2D eigenvalue weighted by Crippen LogP contribution is 2.48. The molecule has 114 valence electrons. The second-order valence-corrected chi connectivity index (χ2v) is 6.74. The van der Waals surface area contributed by atoms with Gasteiger partial charge in [0, 0.05) is 6.20 Å². The van der Waals surface area contributed by atoms with Gasteiger partial charge in [-0.25, -0.2) is 4.79 Å². The van der Waals surface area contributed by atoms with Gasteiger partial charge in [0.05, 0.1) is 11.9 Å². The number of aromatic nitrogens is 2. The van der Waals surface area contributed by atoms with Gasteiger partial charge in [0.2, 0.25) is 0 Å². The lowest BCUT2D eigenvalue weighted by Crippen LogP contribution is -2.43. The number of ether oxygens (including phenoxy) is 2. The number of nitrogens with two attached hydrogens (primary N) is 1. The Hall–Kier alpha value is -0.990. The van der Waals surface area contributed by atoms with Gasteiger partial charge < -0.3 is 15.2 Å². The van der Waals surface area contributed by atoms with E-state index < -0.39 is 31.7 Å². The third-order valence-corrected chi connectivity index (χ3v) is 4.88. The largest absolute Gasteiger partial charge is 0.504 e. The topological polar surface area (TPSA) is 106 Å². The Labute approximate surface area is 126 Å². The number of hydrogen-bond acceptors (Lipinski definition) is 8. The highest BCUT2D eigenvalue weighted by atomic mass is 32.1. The normalized spacial score (nSPS) is 35.1. The molecule has 0 aromatic carbocycles. The zero-order valence-electron chi connectivity index (χ0n) is 11.2. The first-order valence-corrected chi connectivity index (χ1v) is 8.43. The maximum atomic E-state index is 11.9. The van der Waals surface area contributed by atoms with Gasteiger partial charge in [0.25, 0.3) is 0 Å². The van der Waals surface area contributed by atoms with Gasteiger partial charge >= 0.3 is 13.7 Å². The smallest absolute Gasteiger partial charge is 0.383 e. The lowest BCUT2D eigenvalue weighted by molar-refractivity contribution is -0.181. The van der Waals surface area contributed by atoms with Crippen molar-refractivity contribution >= 4 is 26.5 Å². The van der Waals surface area contributed by atoms with Gasteiger partial charge in [-0.1, -0.05) is 0 Å². The van der Waals surface area contributed by atoms with Crippen molar-refractivity contribution in [3.05, 3.63) is 22.7 Å². The Morgan fingerprint density at radius 1 is 1.71 bits per heavy atom. The van der Waals surface area contributed by atoms with Crippen LogP contribution in [0.2, 0.25) is 0 Å². The molecule has 2 aliphatic rings. The molecule has 8 nitrogen and oxygen atoms in total. The summed E-state index contributed by atoms with van der Waals surface area (Å²) in [5, 5.41) is -0.290. The molecule has 0 radical (unpaired) electrons.